The second-order valence-corrected chi connectivity index (χ2v) is 7.93. The van der Waals surface area contributed by atoms with Crippen LogP contribution in [0.3, 0.4) is 0 Å². The van der Waals surface area contributed by atoms with Crippen molar-refractivity contribution in [2.45, 2.75) is 25.1 Å². The molecule has 0 radical (unpaired) electrons. The number of Topliss-reactive ketones (excluding diaryl/α,β-unsaturated/α-hetero) is 1. The van der Waals surface area contributed by atoms with Gasteiger partial charge in [-0.05, 0) is 24.6 Å². The van der Waals surface area contributed by atoms with Gasteiger partial charge in [0.2, 0.25) is 0 Å². The molecule has 1 aromatic rings. The van der Waals surface area contributed by atoms with Gasteiger partial charge in [-0.15, -0.1) is 0 Å². The normalized spacial score (nSPS) is 24.6. The number of fused-ring (bicyclic) bond motifs is 1. The van der Waals surface area contributed by atoms with Crippen LogP contribution in [0, 0.1) is 29.5 Å². The average molecular weight is 424 g/mol. The van der Waals surface area contributed by atoms with Crippen molar-refractivity contribution in [1.82, 2.24) is 9.80 Å². The van der Waals surface area contributed by atoms with E-state index in [-0.39, 0.29) is 41.9 Å². The van der Waals surface area contributed by atoms with E-state index >= 15 is 0 Å². The van der Waals surface area contributed by atoms with Crippen LogP contribution in [0.5, 0.6) is 0 Å². The molecule has 2 amide bonds. The van der Waals surface area contributed by atoms with Crippen LogP contribution >= 0.6 is 0 Å². The fourth-order valence-electron chi connectivity index (χ4n) is 4.05. The lowest BCUT2D eigenvalue weighted by Crippen LogP contribution is -2.58. The molecule has 0 bridgehead atoms. The van der Waals surface area contributed by atoms with E-state index in [1.807, 2.05) is 0 Å². The summed E-state index contributed by atoms with van der Waals surface area (Å²) >= 11 is 0. The number of piperidine rings is 1. The van der Waals surface area contributed by atoms with Gasteiger partial charge in [-0.1, -0.05) is 11.8 Å². The standard InChI is InChI=1S/C21H20F4N2O3/c22-18-8-16(21(23,24)25)4-3-14(18)2-1-13-9-27(10-13)20(29)26-6-5-19-15(11-26)7-17(28)12-30-19/h3-4,8,13,15,19H,5-7,9-12H2/t15-,19+/m1/s1. The lowest BCUT2D eigenvalue weighted by atomic mass is 9.88. The highest BCUT2D eigenvalue weighted by Gasteiger charge is 2.39. The van der Waals surface area contributed by atoms with Gasteiger partial charge in [-0.2, -0.15) is 13.2 Å². The summed E-state index contributed by atoms with van der Waals surface area (Å²) < 4.78 is 57.2. The van der Waals surface area contributed by atoms with Crippen molar-refractivity contribution in [3.8, 4) is 11.8 Å². The van der Waals surface area contributed by atoms with E-state index in [9.17, 15) is 27.2 Å². The predicted molar refractivity (Wildman–Crippen MR) is 97.8 cm³/mol. The number of ether oxygens (including phenoxy) is 1. The number of hydrogen-bond donors (Lipinski definition) is 0. The molecule has 5 nitrogen and oxygen atoms in total. The highest BCUT2D eigenvalue weighted by Crippen LogP contribution is 2.31. The van der Waals surface area contributed by atoms with E-state index < -0.39 is 17.6 Å². The predicted octanol–water partition coefficient (Wildman–Crippen LogP) is 2.93. The smallest absolute Gasteiger partial charge is 0.370 e. The molecule has 0 aromatic heterocycles. The molecule has 3 heterocycles. The Kier molecular flexibility index (Phi) is 5.45. The molecule has 0 aliphatic carbocycles. The molecule has 160 valence electrons. The van der Waals surface area contributed by atoms with Crippen molar-refractivity contribution in [1.29, 1.82) is 0 Å². The zero-order chi connectivity index (χ0) is 21.5. The number of likely N-dealkylation sites (tertiary alicyclic amines) is 2. The van der Waals surface area contributed by atoms with Crippen LogP contribution in [-0.2, 0) is 15.7 Å². The molecule has 3 fully saturated rings. The van der Waals surface area contributed by atoms with Gasteiger partial charge < -0.3 is 14.5 Å². The maximum absolute atomic E-state index is 13.9. The number of halogens is 4. The molecule has 0 spiro atoms. The average Bonchev–Trinajstić information content (AvgIpc) is 2.66. The Morgan fingerprint density at radius 2 is 1.93 bits per heavy atom. The second-order valence-electron chi connectivity index (χ2n) is 7.93. The van der Waals surface area contributed by atoms with Crippen LogP contribution < -0.4 is 0 Å². The van der Waals surface area contributed by atoms with Crippen molar-refractivity contribution in [3.63, 3.8) is 0 Å². The minimum absolute atomic E-state index is 0.0281. The molecule has 0 saturated carbocycles. The molecule has 0 N–H and O–H groups in total. The van der Waals surface area contributed by atoms with Crippen LogP contribution in [0.25, 0.3) is 0 Å². The topological polar surface area (TPSA) is 49.9 Å². The SMILES string of the molecule is O=C1CO[C@H]2CCN(C(=O)N3CC(C#Cc4ccc(C(F)(F)F)cc4F)C3)C[C@H]2C1. The molecular formula is C21H20F4N2O3. The van der Waals surface area contributed by atoms with Crippen molar-refractivity contribution in [2.75, 3.05) is 32.8 Å². The first-order valence-electron chi connectivity index (χ1n) is 9.76. The second kappa shape index (κ2) is 7.91. The van der Waals surface area contributed by atoms with Gasteiger partial charge in [-0.25, -0.2) is 9.18 Å². The zero-order valence-electron chi connectivity index (χ0n) is 16.0. The van der Waals surface area contributed by atoms with Crippen molar-refractivity contribution in [3.05, 3.63) is 35.1 Å². The Bertz CT molecular complexity index is 915. The van der Waals surface area contributed by atoms with Gasteiger partial charge in [-0.3, -0.25) is 4.79 Å². The number of urea groups is 1. The first kappa shape index (κ1) is 20.7. The van der Waals surface area contributed by atoms with E-state index in [0.29, 0.717) is 45.1 Å². The van der Waals surface area contributed by atoms with E-state index in [2.05, 4.69) is 11.8 Å². The van der Waals surface area contributed by atoms with Gasteiger partial charge in [0.1, 0.15) is 12.4 Å². The molecule has 3 aliphatic rings. The molecule has 1 aromatic carbocycles. The Hall–Kier alpha value is -2.60. The number of amides is 2. The fourth-order valence-corrected chi connectivity index (χ4v) is 4.05. The first-order chi connectivity index (χ1) is 14.2. The van der Waals surface area contributed by atoms with E-state index in [4.69, 9.17) is 4.74 Å². The Morgan fingerprint density at radius 1 is 1.17 bits per heavy atom. The summed E-state index contributed by atoms with van der Waals surface area (Å²) in [5, 5.41) is 0. The fraction of sp³-hybridized carbons (Fsp3) is 0.524. The summed E-state index contributed by atoms with van der Waals surface area (Å²) in [4.78, 5) is 27.6. The lowest BCUT2D eigenvalue weighted by molar-refractivity contribution is -0.140. The molecule has 3 aliphatic heterocycles. The van der Waals surface area contributed by atoms with Gasteiger partial charge in [0.25, 0.3) is 0 Å². The van der Waals surface area contributed by atoms with E-state index in [1.165, 1.54) is 0 Å². The molecule has 3 saturated heterocycles. The van der Waals surface area contributed by atoms with Crippen LogP contribution in [0.1, 0.15) is 24.0 Å². The Labute approximate surface area is 171 Å². The third kappa shape index (κ3) is 4.29. The summed E-state index contributed by atoms with van der Waals surface area (Å²) in [5.41, 5.74) is -1.16. The number of carbonyl (C=O) groups is 2. The van der Waals surface area contributed by atoms with Gasteiger partial charge in [0, 0.05) is 38.5 Å². The molecule has 30 heavy (non-hydrogen) atoms. The van der Waals surface area contributed by atoms with Crippen LogP contribution in [0.4, 0.5) is 22.4 Å². The number of benzene rings is 1. The van der Waals surface area contributed by atoms with E-state index in [0.717, 1.165) is 12.1 Å². The zero-order valence-corrected chi connectivity index (χ0v) is 16.0. The number of hydrogen-bond acceptors (Lipinski definition) is 3. The molecule has 2 atom stereocenters. The number of ketones is 1. The summed E-state index contributed by atoms with van der Waals surface area (Å²) in [7, 11) is 0. The number of nitrogens with zero attached hydrogens (tertiary/aromatic N) is 2. The van der Waals surface area contributed by atoms with Gasteiger partial charge in [0.05, 0.1) is 23.1 Å². The number of alkyl halides is 3. The number of rotatable bonds is 0. The van der Waals surface area contributed by atoms with Crippen LogP contribution in [0.2, 0.25) is 0 Å². The summed E-state index contributed by atoms with van der Waals surface area (Å²) in [6.45, 7) is 1.97. The quantitative estimate of drug-likeness (QED) is 0.476. The minimum Gasteiger partial charge on any atom is -0.370 e. The minimum atomic E-state index is -4.60. The molecule has 4 rings (SSSR count). The summed E-state index contributed by atoms with van der Waals surface area (Å²) in [5.74, 6) is 4.31. The van der Waals surface area contributed by atoms with Crippen molar-refractivity contribution < 1.29 is 31.9 Å². The Morgan fingerprint density at radius 3 is 2.63 bits per heavy atom. The third-order valence-electron chi connectivity index (χ3n) is 5.74. The highest BCUT2D eigenvalue weighted by molar-refractivity contribution is 5.81. The summed E-state index contributed by atoms with van der Waals surface area (Å²) in [6, 6.07) is 2.13. The van der Waals surface area contributed by atoms with Gasteiger partial charge in [0.15, 0.2) is 5.78 Å². The van der Waals surface area contributed by atoms with Crippen LogP contribution in [-0.4, -0.2) is 60.5 Å². The highest BCUT2D eigenvalue weighted by atomic mass is 19.4. The van der Waals surface area contributed by atoms with E-state index in [1.54, 1.807) is 9.80 Å². The molecule has 0 unspecified atom stereocenters. The van der Waals surface area contributed by atoms with Gasteiger partial charge >= 0.3 is 12.2 Å². The lowest BCUT2D eigenvalue weighted by Gasteiger charge is -2.45. The maximum Gasteiger partial charge on any atom is 0.416 e. The Balaban J connectivity index is 1.31. The van der Waals surface area contributed by atoms with Crippen molar-refractivity contribution in [2.24, 2.45) is 11.8 Å². The van der Waals surface area contributed by atoms with Crippen LogP contribution in [0.15, 0.2) is 18.2 Å². The number of carbonyl (C=O) groups excluding carboxylic acids is 2. The third-order valence-corrected chi connectivity index (χ3v) is 5.74. The first-order valence-corrected chi connectivity index (χ1v) is 9.76. The van der Waals surface area contributed by atoms with Crippen molar-refractivity contribution >= 4 is 11.8 Å². The molecule has 9 heteroatoms. The molecular weight excluding hydrogens is 404 g/mol. The maximum atomic E-state index is 13.9. The summed E-state index contributed by atoms with van der Waals surface area (Å²) in [6.07, 6.45) is -3.44. The monoisotopic (exact) mass is 424 g/mol. The largest absolute Gasteiger partial charge is 0.416 e.